The zero-order chi connectivity index (χ0) is 14.7. The smallest absolute Gasteiger partial charge is 0.265 e. The Labute approximate surface area is 125 Å². The van der Waals surface area contributed by atoms with Crippen LogP contribution in [0.1, 0.15) is 47.1 Å². The van der Waals surface area contributed by atoms with E-state index >= 15 is 0 Å². The minimum Gasteiger partial charge on any atom is -0.338 e. The molecule has 2 heterocycles. The third kappa shape index (κ3) is 3.79. The maximum Gasteiger partial charge on any atom is 0.265 e. The van der Waals surface area contributed by atoms with Crippen molar-refractivity contribution in [1.82, 2.24) is 15.2 Å². The van der Waals surface area contributed by atoms with Gasteiger partial charge >= 0.3 is 0 Å². The molecule has 1 atom stereocenters. The fourth-order valence-corrected chi connectivity index (χ4v) is 3.58. The van der Waals surface area contributed by atoms with Crippen LogP contribution in [0.2, 0.25) is 0 Å². The minimum atomic E-state index is 0.169. The monoisotopic (exact) mass is 295 g/mol. The topological polar surface area (TPSA) is 45.2 Å². The molecule has 4 nitrogen and oxygen atoms in total. The van der Waals surface area contributed by atoms with Gasteiger partial charge in [0.05, 0.1) is 10.7 Å². The predicted octanol–water partition coefficient (Wildman–Crippen LogP) is 2.61. The van der Waals surface area contributed by atoms with E-state index in [1.54, 1.807) is 0 Å². The lowest BCUT2D eigenvalue weighted by molar-refractivity contribution is 0.0676. The number of nitrogens with zero attached hydrogens (tertiary/aromatic N) is 2. The number of rotatable bonds is 4. The van der Waals surface area contributed by atoms with Gasteiger partial charge in [-0.1, -0.05) is 13.8 Å². The van der Waals surface area contributed by atoms with Crippen LogP contribution in [0.25, 0.3) is 0 Å². The number of carbonyl (C=O) groups excluding carboxylic acids is 1. The number of thiazole rings is 1. The van der Waals surface area contributed by atoms with E-state index in [0.717, 1.165) is 41.6 Å². The standard InChI is InChI=1S/C15H25N3OS/c1-10(2)16-8-13-6-5-7-18(9-13)15(19)14-11(3)17-12(4)20-14/h10,13,16H,5-9H2,1-4H3. The van der Waals surface area contributed by atoms with Crippen molar-refractivity contribution >= 4 is 17.2 Å². The van der Waals surface area contributed by atoms with Crippen molar-refractivity contribution in [3.63, 3.8) is 0 Å². The van der Waals surface area contributed by atoms with Gasteiger partial charge in [0.1, 0.15) is 4.88 Å². The third-order valence-electron chi connectivity index (χ3n) is 3.72. The first-order valence-corrected chi connectivity index (χ1v) is 8.25. The summed E-state index contributed by atoms with van der Waals surface area (Å²) in [6.45, 7) is 11.0. The second-order valence-electron chi connectivity index (χ2n) is 5.97. The van der Waals surface area contributed by atoms with Gasteiger partial charge < -0.3 is 10.2 Å². The fourth-order valence-electron chi connectivity index (χ4n) is 2.69. The van der Waals surface area contributed by atoms with E-state index in [4.69, 9.17) is 0 Å². The van der Waals surface area contributed by atoms with E-state index in [1.165, 1.54) is 17.8 Å². The maximum absolute atomic E-state index is 12.6. The lowest BCUT2D eigenvalue weighted by Crippen LogP contribution is -2.43. The third-order valence-corrected chi connectivity index (χ3v) is 4.78. The Hall–Kier alpha value is -0.940. The first-order valence-electron chi connectivity index (χ1n) is 7.44. The highest BCUT2D eigenvalue weighted by Gasteiger charge is 2.26. The molecule has 1 saturated heterocycles. The predicted molar refractivity (Wildman–Crippen MR) is 83.4 cm³/mol. The van der Waals surface area contributed by atoms with Gasteiger partial charge in [0.25, 0.3) is 5.91 Å². The summed E-state index contributed by atoms with van der Waals surface area (Å²) in [7, 11) is 0. The van der Waals surface area contributed by atoms with Crippen molar-refractivity contribution in [2.75, 3.05) is 19.6 Å². The number of hydrogen-bond donors (Lipinski definition) is 1. The van der Waals surface area contributed by atoms with Crippen LogP contribution in [0.4, 0.5) is 0 Å². The molecule has 112 valence electrons. The molecule has 1 amide bonds. The second-order valence-corrected chi connectivity index (χ2v) is 7.17. The van der Waals surface area contributed by atoms with Crippen LogP contribution >= 0.6 is 11.3 Å². The average Bonchev–Trinajstić information content (AvgIpc) is 2.75. The first kappa shape index (κ1) is 15.4. The van der Waals surface area contributed by atoms with E-state index < -0.39 is 0 Å². The molecule has 1 N–H and O–H groups in total. The van der Waals surface area contributed by atoms with E-state index in [1.807, 2.05) is 18.7 Å². The molecular formula is C15H25N3OS. The van der Waals surface area contributed by atoms with Crippen LogP contribution < -0.4 is 5.32 Å². The highest BCUT2D eigenvalue weighted by molar-refractivity contribution is 7.13. The minimum absolute atomic E-state index is 0.169. The number of aryl methyl sites for hydroxylation is 2. The Balaban J connectivity index is 1.98. The molecule has 2 rings (SSSR count). The molecular weight excluding hydrogens is 270 g/mol. The molecule has 1 fully saturated rings. The van der Waals surface area contributed by atoms with Gasteiger partial charge in [-0.15, -0.1) is 11.3 Å². The normalized spacial score (nSPS) is 19.6. The molecule has 1 aromatic rings. The number of aromatic nitrogens is 1. The zero-order valence-electron chi connectivity index (χ0n) is 12.9. The van der Waals surface area contributed by atoms with E-state index in [0.29, 0.717) is 12.0 Å². The summed E-state index contributed by atoms with van der Waals surface area (Å²) >= 11 is 1.52. The van der Waals surface area contributed by atoms with E-state index in [9.17, 15) is 4.79 Å². The zero-order valence-corrected chi connectivity index (χ0v) is 13.7. The number of piperidine rings is 1. The van der Waals surface area contributed by atoms with Crippen molar-refractivity contribution < 1.29 is 4.79 Å². The van der Waals surface area contributed by atoms with Crippen LogP contribution in [0.5, 0.6) is 0 Å². The van der Waals surface area contributed by atoms with Crippen LogP contribution in [0.3, 0.4) is 0 Å². The van der Waals surface area contributed by atoms with Crippen molar-refractivity contribution in [1.29, 1.82) is 0 Å². The highest BCUT2D eigenvalue weighted by atomic mass is 32.1. The molecule has 1 aliphatic rings. The van der Waals surface area contributed by atoms with E-state index in [-0.39, 0.29) is 5.91 Å². The molecule has 0 aromatic carbocycles. The molecule has 0 radical (unpaired) electrons. The number of likely N-dealkylation sites (tertiary alicyclic amines) is 1. The number of hydrogen-bond acceptors (Lipinski definition) is 4. The van der Waals surface area contributed by atoms with Gasteiger partial charge in [0, 0.05) is 19.1 Å². The summed E-state index contributed by atoms with van der Waals surface area (Å²) in [5, 5.41) is 4.46. The Morgan fingerprint density at radius 3 is 2.85 bits per heavy atom. The number of carbonyl (C=O) groups is 1. The first-order chi connectivity index (χ1) is 9.47. The molecule has 20 heavy (non-hydrogen) atoms. The van der Waals surface area contributed by atoms with Crippen LogP contribution in [0, 0.1) is 19.8 Å². The molecule has 0 bridgehead atoms. The van der Waals surface area contributed by atoms with Crippen LogP contribution in [-0.4, -0.2) is 41.5 Å². The summed E-state index contributed by atoms with van der Waals surface area (Å²) in [5.74, 6) is 0.742. The Bertz CT molecular complexity index is 470. The molecule has 0 saturated carbocycles. The van der Waals surface area contributed by atoms with Gasteiger partial charge in [0.15, 0.2) is 0 Å². The summed E-state index contributed by atoms with van der Waals surface area (Å²) in [6, 6.07) is 0.507. The van der Waals surface area contributed by atoms with Crippen LogP contribution in [-0.2, 0) is 0 Å². The van der Waals surface area contributed by atoms with E-state index in [2.05, 4.69) is 24.1 Å². The molecule has 1 aliphatic heterocycles. The highest BCUT2D eigenvalue weighted by Crippen LogP contribution is 2.23. The average molecular weight is 295 g/mol. The van der Waals surface area contributed by atoms with Crippen molar-refractivity contribution in [2.24, 2.45) is 5.92 Å². The lowest BCUT2D eigenvalue weighted by atomic mass is 9.97. The molecule has 0 spiro atoms. The van der Waals surface area contributed by atoms with Gasteiger partial charge in [-0.2, -0.15) is 0 Å². The summed E-state index contributed by atoms with van der Waals surface area (Å²) < 4.78 is 0. The number of nitrogens with one attached hydrogen (secondary N) is 1. The fraction of sp³-hybridized carbons (Fsp3) is 0.733. The Morgan fingerprint density at radius 1 is 1.50 bits per heavy atom. The largest absolute Gasteiger partial charge is 0.338 e. The Morgan fingerprint density at radius 2 is 2.25 bits per heavy atom. The molecule has 0 aliphatic carbocycles. The SMILES string of the molecule is Cc1nc(C)c(C(=O)N2CCCC(CNC(C)C)C2)s1. The van der Waals surface area contributed by atoms with Crippen molar-refractivity contribution in [3.8, 4) is 0 Å². The van der Waals surface area contributed by atoms with Gasteiger partial charge in [0.2, 0.25) is 0 Å². The lowest BCUT2D eigenvalue weighted by Gasteiger charge is -2.33. The molecule has 5 heteroatoms. The Kier molecular flexibility index (Phi) is 5.16. The van der Waals surface area contributed by atoms with Gasteiger partial charge in [-0.3, -0.25) is 4.79 Å². The van der Waals surface area contributed by atoms with Gasteiger partial charge in [-0.05, 0) is 39.2 Å². The van der Waals surface area contributed by atoms with Crippen molar-refractivity contribution in [2.45, 2.75) is 46.6 Å². The maximum atomic E-state index is 12.6. The number of amides is 1. The molecule has 1 aromatic heterocycles. The summed E-state index contributed by atoms with van der Waals surface area (Å²) in [4.78, 5) is 19.8. The molecule has 1 unspecified atom stereocenters. The quantitative estimate of drug-likeness (QED) is 0.928. The summed E-state index contributed by atoms with van der Waals surface area (Å²) in [6.07, 6.45) is 2.32. The van der Waals surface area contributed by atoms with Crippen molar-refractivity contribution in [3.05, 3.63) is 15.6 Å². The summed E-state index contributed by atoms with van der Waals surface area (Å²) in [5.41, 5.74) is 0.875. The second kappa shape index (κ2) is 6.68. The van der Waals surface area contributed by atoms with Crippen LogP contribution in [0.15, 0.2) is 0 Å². The van der Waals surface area contributed by atoms with Gasteiger partial charge in [-0.25, -0.2) is 4.98 Å².